The fraction of sp³-hybridized carbons (Fsp3) is 0.938. The Balaban J connectivity index is 1.75. The molecule has 0 radical (unpaired) electrons. The van der Waals surface area contributed by atoms with Crippen molar-refractivity contribution in [1.82, 2.24) is 5.32 Å². The molecule has 2 aliphatic carbocycles. The second-order valence-electron chi connectivity index (χ2n) is 7.40. The number of hydrogen-bond acceptors (Lipinski definition) is 1. The molecule has 2 rings (SSSR count). The molecule has 2 saturated carbocycles. The van der Waals surface area contributed by atoms with Crippen LogP contribution in [0, 0.1) is 17.3 Å². The van der Waals surface area contributed by atoms with Crippen molar-refractivity contribution in [2.24, 2.45) is 17.3 Å². The molecule has 2 fully saturated rings. The molecule has 0 atom stereocenters. The largest absolute Gasteiger partial charge is 0.353 e. The Bertz CT molecular complexity index is 279. The normalized spacial score (nSPS) is 33.1. The van der Waals surface area contributed by atoms with E-state index in [9.17, 15) is 4.79 Å². The van der Waals surface area contributed by atoms with Crippen LogP contribution < -0.4 is 5.32 Å². The molecule has 0 unspecified atom stereocenters. The Labute approximate surface area is 112 Å². The maximum Gasteiger partial charge on any atom is 0.223 e. The molecule has 1 amide bonds. The summed E-state index contributed by atoms with van der Waals surface area (Å²) in [6.45, 7) is 6.98. The van der Waals surface area contributed by atoms with Crippen molar-refractivity contribution < 1.29 is 4.79 Å². The zero-order valence-electron chi connectivity index (χ0n) is 12.3. The minimum atomic E-state index is 0.302. The van der Waals surface area contributed by atoms with Gasteiger partial charge in [0.1, 0.15) is 0 Å². The standard InChI is InChI=1S/C16H29NO/c1-12-4-6-13(7-5-12)15(18)17-14-8-10-16(2,3)11-9-14/h12-14H,4-11H2,1-3H3,(H,17,18). The third-order valence-corrected chi connectivity index (χ3v) is 5.07. The summed E-state index contributed by atoms with van der Waals surface area (Å²) in [5, 5.41) is 3.30. The lowest BCUT2D eigenvalue weighted by molar-refractivity contribution is -0.127. The lowest BCUT2D eigenvalue weighted by Crippen LogP contribution is -2.42. The molecular weight excluding hydrogens is 222 g/mol. The van der Waals surface area contributed by atoms with Crippen molar-refractivity contribution in [3.8, 4) is 0 Å². The molecule has 0 aromatic carbocycles. The molecule has 0 aliphatic heterocycles. The summed E-state index contributed by atoms with van der Waals surface area (Å²) in [5.41, 5.74) is 0.488. The van der Waals surface area contributed by atoms with Crippen LogP contribution in [-0.4, -0.2) is 11.9 Å². The predicted octanol–water partition coefficient (Wildman–Crippen LogP) is 3.90. The Morgan fingerprint density at radius 3 is 2.11 bits per heavy atom. The van der Waals surface area contributed by atoms with E-state index in [-0.39, 0.29) is 0 Å². The van der Waals surface area contributed by atoms with Gasteiger partial charge in [0.05, 0.1) is 0 Å². The quantitative estimate of drug-likeness (QED) is 0.792. The van der Waals surface area contributed by atoms with Crippen molar-refractivity contribution in [2.45, 2.75) is 78.2 Å². The second-order valence-corrected chi connectivity index (χ2v) is 7.40. The van der Waals surface area contributed by atoms with E-state index in [0.717, 1.165) is 18.8 Å². The minimum Gasteiger partial charge on any atom is -0.353 e. The molecule has 18 heavy (non-hydrogen) atoms. The van der Waals surface area contributed by atoms with E-state index in [1.54, 1.807) is 0 Å². The maximum absolute atomic E-state index is 12.2. The van der Waals surface area contributed by atoms with Crippen molar-refractivity contribution >= 4 is 5.91 Å². The Morgan fingerprint density at radius 1 is 1.00 bits per heavy atom. The second kappa shape index (κ2) is 5.63. The van der Waals surface area contributed by atoms with Crippen LogP contribution in [0.25, 0.3) is 0 Å². The van der Waals surface area contributed by atoms with Crippen molar-refractivity contribution in [3.05, 3.63) is 0 Å². The van der Waals surface area contributed by atoms with E-state index in [1.165, 1.54) is 38.5 Å². The highest BCUT2D eigenvalue weighted by atomic mass is 16.1. The fourth-order valence-electron chi connectivity index (χ4n) is 3.38. The number of rotatable bonds is 2. The average Bonchev–Trinajstić information content (AvgIpc) is 2.33. The van der Waals surface area contributed by atoms with Gasteiger partial charge in [-0.3, -0.25) is 4.79 Å². The summed E-state index contributed by atoms with van der Waals surface area (Å²) < 4.78 is 0. The van der Waals surface area contributed by atoms with Gasteiger partial charge in [0.2, 0.25) is 5.91 Å². The van der Waals surface area contributed by atoms with Crippen molar-refractivity contribution in [2.75, 3.05) is 0 Å². The third-order valence-electron chi connectivity index (χ3n) is 5.07. The van der Waals surface area contributed by atoms with Gasteiger partial charge in [0.25, 0.3) is 0 Å². The highest BCUT2D eigenvalue weighted by Crippen LogP contribution is 2.35. The van der Waals surface area contributed by atoms with Crippen molar-refractivity contribution in [3.63, 3.8) is 0 Å². The first-order chi connectivity index (χ1) is 8.46. The van der Waals surface area contributed by atoms with Crippen LogP contribution in [-0.2, 0) is 4.79 Å². The molecule has 0 spiro atoms. The van der Waals surface area contributed by atoms with Crippen LogP contribution >= 0.6 is 0 Å². The number of amides is 1. The van der Waals surface area contributed by atoms with E-state index >= 15 is 0 Å². The smallest absolute Gasteiger partial charge is 0.223 e. The van der Waals surface area contributed by atoms with Crippen LogP contribution in [0.2, 0.25) is 0 Å². The van der Waals surface area contributed by atoms with E-state index in [1.807, 2.05) is 0 Å². The number of nitrogens with one attached hydrogen (secondary N) is 1. The van der Waals surface area contributed by atoms with Crippen LogP contribution in [0.15, 0.2) is 0 Å². The summed E-state index contributed by atoms with van der Waals surface area (Å²) in [5.74, 6) is 1.47. The number of carbonyl (C=O) groups excluding carboxylic acids is 1. The Kier molecular flexibility index (Phi) is 4.34. The van der Waals surface area contributed by atoms with E-state index in [0.29, 0.717) is 23.3 Å². The van der Waals surface area contributed by atoms with Gasteiger partial charge in [-0.15, -0.1) is 0 Å². The maximum atomic E-state index is 12.2. The summed E-state index contributed by atoms with van der Waals surface area (Å²) >= 11 is 0. The lowest BCUT2D eigenvalue weighted by Gasteiger charge is -2.35. The molecular formula is C16H29NO. The zero-order chi connectivity index (χ0) is 13.2. The van der Waals surface area contributed by atoms with Crippen LogP contribution in [0.5, 0.6) is 0 Å². The highest BCUT2D eigenvalue weighted by molar-refractivity contribution is 5.79. The summed E-state index contributed by atoms with van der Waals surface area (Å²) in [4.78, 5) is 12.2. The number of carbonyl (C=O) groups is 1. The first kappa shape index (κ1) is 13.9. The predicted molar refractivity (Wildman–Crippen MR) is 75.3 cm³/mol. The SMILES string of the molecule is CC1CCC(C(=O)NC2CCC(C)(C)CC2)CC1. The molecule has 0 saturated heterocycles. The molecule has 2 aliphatic rings. The van der Waals surface area contributed by atoms with Gasteiger partial charge in [-0.25, -0.2) is 0 Å². The molecule has 2 heteroatoms. The Hall–Kier alpha value is -0.530. The fourth-order valence-corrected chi connectivity index (χ4v) is 3.38. The topological polar surface area (TPSA) is 29.1 Å². The first-order valence-corrected chi connectivity index (χ1v) is 7.77. The van der Waals surface area contributed by atoms with Gasteiger partial charge in [-0.2, -0.15) is 0 Å². The monoisotopic (exact) mass is 251 g/mol. The number of hydrogen-bond donors (Lipinski definition) is 1. The van der Waals surface area contributed by atoms with Gasteiger partial charge >= 0.3 is 0 Å². The van der Waals surface area contributed by atoms with E-state index in [2.05, 4.69) is 26.1 Å². The molecule has 2 nitrogen and oxygen atoms in total. The molecule has 0 heterocycles. The van der Waals surface area contributed by atoms with E-state index < -0.39 is 0 Å². The zero-order valence-corrected chi connectivity index (χ0v) is 12.3. The molecule has 1 N–H and O–H groups in total. The first-order valence-electron chi connectivity index (χ1n) is 7.77. The van der Waals surface area contributed by atoms with E-state index in [4.69, 9.17) is 0 Å². The minimum absolute atomic E-state index is 0.302. The molecule has 0 aromatic heterocycles. The summed E-state index contributed by atoms with van der Waals surface area (Å²) in [6, 6.07) is 0.449. The lowest BCUT2D eigenvalue weighted by atomic mass is 9.75. The summed E-state index contributed by atoms with van der Waals surface area (Å²) in [7, 11) is 0. The van der Waals surface area contributed by atoms with Gasteiger partial charge in [-0.05, 0) is 62.7 Å². The van der Waals surface area contributed by atoms with Gasteiger partial charge in [-0.1, -0.05) is 20.8 Å². The van der Waals surface area contributed by atoms with Crippen LogP contribution in [0.4, 0.5) is 0 Å². The average molecular weight is 251 g/mol. The molecule has 0 aromatic rings. The van der Waals surface area contributed by atoms with Crippen molar-refractivity contribution in [1.29, 1.82) is 0 Å². The van der Waals surface area contributed by atoms with Crippen LogP contribution in [0.1, 0.15) is 72.1 Å². The molecule has 104 valence electrons. The molecule has 0 bridgehead atoms. The highest BCUT2D eigenvalue weighted by Gasteiger charge is 2.30. The third kappa shape index (κ3) is 3.73. The van der Waals surface area contributed by atoms with Gasteiger partial charge < -0.3 is 5.32 Å². The van der Waals surface area contributed by atoms with Gasteiger partial charge in [0, 0.05) is 12.0 Å². The van der Waals surface area contributed by atoms with Crippen LogP contribution in [0.3, 0.4) is 0 Å². The van der Waals surface area contributed by atoms with Gasteiger partial charge in [0.15, 0.2) is 0 Å². The Morgan fingerprint density at radius 2 is 1.56 bits per heavy atom. The summed E-state index contributed by atoms with van der Waals surface area (Å²) in [6.07, 6.45) is 9.50.